The molecule has 1 saturated carbocycles. The number of carbonyl (C=O) groups excluding carboxylic acids is 3. The van der Waals surface area contributed by atoms with E-state index in [-0.39, 0.29) is 23.9 Å². The lowest BCUT2D eigenvalue weighted by Crippen LogP contribution is -2.46. The van der Waals surface area contributed by atoms with Crippen LogP contribution >= 0.6 is 0 Å². The number of nitrogens with zero attached hydrogens (tertiary/aromatic N) is 3. The summed E-state index contributed by atoms with van der Waals surface area (Å²) in [6.07, 6.45) is 5.48. The average molecular weight is 459 g/mol. The molecule has 1 aliphatic carbocycles. The van der Waals surface area contributed by atoms with E-state index in [2.05, 4.69) is 15.5 Å². The Morgan fingerprint density at radius 2 is 1.71 bits per heavy atom. The molecule has 1 aromatic heterocycles. The number of fused-ring (bicyclic) bond motifs is 1. The predicted molar refractivity (Wildman–Crippen MR) is 123 cm³/mol. The summed E-state index contributed by atoms with van der Waals surface area (Å²) in [5, 5.41) is 7.28. The fourth-order valence-electron chi connectivity index (χ4n) is 4.86. The lowest BCUT2D eigenvalue weighted by molar-refractivity contribution is 0.0642. The fraction of sp³-hybridized carbons (Fsp3) is 0.346. The quantitative estimate of drug-likeness (QED) is 0.455. The van der Waals surface area contributed by atoms with Gasteiger partial charge in [0.05, 0.1) is 17.7 Å². The van der Waals surface area contributed by atoms with Crippen LogP contribution in [-0.2, 0) is 12.1 Å². The molecule has 2 aromatic carbocycles. The summed E-state index contributed by atoms with van der Waals surface area (Å²) in [5.41, 5.74) is 1.03. The predicted octanol–water partition coefficient (Wildman–Crippen LogP) is 4.15. The van der Waals surface area contributed by atoms with Crippen LogP contribution < -0.4 is 5.32 Å². The maximum absolute atomic E-state index is 13.4. The van der Waals surface area contributed by atoms with Crippen molar-refractivity contribution < 1.29 is 18.9 Å². The number of hydrogen-bond donors (Lipinski definition) is 1. The summed E-state index contributed by atoms with van der Waals surface area (Å²) < 4.78 is 5.22. The summed E-state index contributed by atoms with van der Waals surface area (Å²) in [6, 6.07) is 14.0. The molecule has 8 nitrogen and oxygen atoms in total. The Bertz CT molecular complexity index is 1240. The van der Waals surface area contributed by atoms with Gasteiger partial charge in [-0.3, -0.25) is 19.3 Å². The highest BCUT2D eigenvalue weighted by Gasteiger charge is 2.40. The minimum Gasteiger partial charge on any atom is -0.340 e. The molecule has 3 aromatic rings. The van der Waals surface area contributed by atoms with E-state index in [9.17, 15) is 14.4 Å². The molecule has 8 heteroatoms. The first kappa shape index (κ1) is 22.0. The first-order valence-corrected chi connectivity index (χ1v) is 11.6. The molecular weight excluding hydrogens is 432 g/mol. The number of carbonyl (C=O) groups is 3. The van der Waals surface area contributed by atoms with Gasteiger partial charge in [0.2, 0.25) is 5.89 Å². The standard InChI is InChI=1S/C26H26N4O4/c1-17-27-25(29-34-17)26(13-7-2-3-8-14-26)28-22(31)19-11-12-20-21(15-19)24(33)30(23(20)32)16-18-9-5-4-6-10-18/h4-6,9-12,15H,2-3,7-8,13-14,16H2,1H3,(H,28,31). The number of hydrogen-bond acceptors (Lipinski definition) is 6. The molecule has 0 bridgehead atoms. The van der Waals surface area contributed by atoms with Gasteiger partial charge in [0.1, 0.15) is 5.54 Å². The van der Waals surface area contributed by atoms with Crippen LogP contribution in [0, 0.1) is 6.92 Å². The molecule has 174 valence electrons. The van der Waals surface area contributed by atoms with Crippen molar-refractivity contribution in [1.82, 2.24) is 20.4 Å². The zero-order valence-electron chi connectivity index (χ0n) is 19.0. The summed E-state index contributed by atoms with van der Waals surface area (Å²) in [5.74, 6) is -0.126. The molecule has 1 fully saturated rings. The van der Waals surface area contributed by atoms with Gasteiger partial charge in [-0.25, -0.2) is 0 Å². The lowest BCUT2D eigenvalue weighted by atomic mass is 9.88. The number of benzene rings is 2. The minimum absolute atomic E-state index is 0.189. The highest BCUT2D eigenvalue weighted by Crippen LogP contribution is 2.35. The molecule has 0 unspecified atom stereocenters. The van der Waals surface area contributed by atoms with Gasteiger partial charge in [0.25, 0.3) is 17.7 Å². The summed E-state index contributed by atoms with van der Waals surface area (Å²) in [7, 11) is 0. The minimum atomic E-state index is -0.719. The van der Waals surface area contributed by atoms with E-state index >= 15 is 0 Å². The van der Waals surface area contributed by atoms with E-state index in [0.29, 0.717) is 35.7 Å². The number of aromatic nitrogens is 2. The van der Waals surface area contributed by atoms with Crippen molar-refractivity contribution in [3.63, 3.8) is 0 Å². The Labute approximate surface area is 197 Å². The Hall–Kier alpha value is -3.81. The fourth-order valence-corrected chi connectivity index (χ4v) is 4.86. The SMILES string of the molecule is Cc1nc(C2(NC(=O)c3ccc4c(c3)C(=O)N(Cc3ccccc3)C4=O)CCCCCC2)no1. The molecule has 3 amide bonds. The van der Waals surface area contributed by atoms with Crippen molar-refractivity contribution >= 4 is 17.7 Å². The van der Waals surface area contributed by atoms with E-state index in [1.165, 1.54) is 11.0 Å². The van der Waals surface area contributed by atoms with Crippen molar-refractivity contribution in [2.75, 3.05) is 0 Å². The van der Waals surface area contributed by atoms with Crippen LogP contribution in [0.1, 0.15) is 86.9 Å². The maximum Gasteiger partial charge on any atom is 0.261 e. The second-order valence-corrected chi connectivity index (χ2v) is 9.03. The Morgan fingerprint density at radius 3 is 2.38 bits per heavy atom. The van der Waals surface area contributed by atoms with Crippen molar-refractivity contribution in [2.24, 2.45) is 0 Å². The summed E-state index contributed by atoms with van der Waals surface area (Å²) >= 11 is 0. The van der Waals surface area contributed by atoms with Crippen LogP contribution in [0.4, 0.5) is 0 Å². The highest BCUT2D eigenvalue weighted by atomic mass is 16.5. The van der Waals surface area contributed by atoms with Gasteiger partial charge in [0.15, 0.2) is 5.82 Å². The van der Waals surface area contributed by atoms with Gasteiger partial charge < -0.3 is 9.84 Å². The van der Waals surface area contributed by atoms with E-state index < -0.39 is 11.4 Å². The Morgan fingerprint density at radius 1 is 1.00 bits per heavy atom. The summed E-state index contributed by atoms with van der Waals surface area (Å²) in [6.45, 7) is 1.92. The molecule has 1 aliphatic heterocycles. The molecule has 1 N–H and O–H groups in total. The third-order valence-electron chi connectivity index (χ3n) is 6.68. The number of imide groups is 1. The lowest BCUT2D eigenvalue weighted by Gasteiger charge is -2.30. The normalized spacial score (nSPS) is 17.4. The number of amides is 3. The molecule has 2 heterocycles. The van der Waals surface area contributed by atoms with Gasteiger partial charge in [-0.15, -0.1) is 0 Å². The molecule has 5 rings (SSSR count). The van der Waals surface area contributed by atoms with Crippen LogP contribution in [0.2, 0.25) is 0 Å². The second kappa shape index (κ2) is 8.85. The first-order valence-electron chi connectivity index (χ1n) is 11.6. The number of nitrogens with one attached hydrogen (secondary N) is 1. The molecular formula is C26H26N4O4. The average Bonchev–Trinajstić information content (AvgIpc) is 3.28. The first-order chi connectivity index (χ1) is 16.5. The Balaban J connectivity index is 1.41. The zero-order valence-corrected chi connectivity index (χ0v) is 19.0. The zero-order chi connectivity index (χ0) is 23.7. The number of aryl methyl sites for hydroxylation is 1. The van der Waals surface area contributed by atoms with E-state index in [1.807, 2.05) is 30.3 Å². The van der Waals surface area contributed by atoms with Gasteiger partial charge in [-0.1, -0.05) is 61.2 Å². The Kier molecular flexibility index (Phi) is 5.73. The molecule has 0 atom stereocenters. The number of rotatable bonds is 5. The van der Waals surface area contributed by atoms with Crippen molar-refractivity contribution in [3.05, 3.63) is 82.5 Å². The van der Waals surface area contributed by atoms with Gasteiger partial charge in [0, 0.05) is 12.5 Å². The van der Waals surface area contributed by atoms with Crippen LogP contribution in [0.25, 0.3) is 0 Å². The van der Waals surface area contributed by atoms with Crippen LogP contribution in [-0.4, -0.2) is 32.8 Å². The third kappa shape index (κ3) is 4.00. The van der Waals surface area contributed by atoms with E-state index in [1.54, 1.807) is 19.1 Å². The van der Waals surface area contributed by atoms with Gasteiger partial charge in [-0.2, -0.15) is 4.98 Å². The van der Waals surface area contributed by atoms with E-state index in [4.69, 9.17) is 4.52 Å². The smallest absolute Gasteiger partial charge is 0.261 e. The largest absolute Gasteiger partial charge is 0.340 e. The van der Waals surface area contributed by atoms with Crippen LogP contribution in [0.15, 0.2) is 53.1 Å². The van der Waals surface area contributed by atoms with E-state index in [0.717, 1.165) is 31.2 Å². The molecule has 0 spiro atoms. The third-order valence-corrected chi connectivity index (χ3v) is 6.68. The molecule has 0 radical (unpaired) electrons. The van der Waals surface area contributed by atoms with Crippen molar-refractivity contribution in [1.29, 1.82) is 0 Å². The van der Waals surface area contributed by atoms with Crippen LogP contribution in [0.5, 0.6) is 0 Å². The monoisotopic (exact) mass is 458 g/mol. The van der Waals surface area contributed by atoms with Crippen molar-refractivity contribution in [2.45, 2.75) is 57.5 Å². The van der Waals surface area contributed by atoms with Gasteiger partial charge >= 0.3 is 0 Å². The molecule has 2 aliphatic rings. The molecule has 0 saturated heterocycles. The van der Waals surface area contributed by atoms with Crippen molar-refractivity contribution in [3.8, 4) is 0 Å². The topological polar surface area (TPSA) is 105 Å². The summed E-state index contributed by atoms with van der Waals surface area (Å²) in [4.78, 5) is 44.9. The molecule has 34 heavy (non-hydrogen) atoms. The second-order valence-electron chi connectivity index (χ2n) is 9.03. The highest BCUT2D eigenvalue weighted by molar-refractivity contribution is 6.22. The maximum atomic E-state index is 13.4. The van der Waals surface area contributed by atoms with Gasteiger partial charge in [-0.05, 0) is 36.6 Å². The van der Waals surface area contributed by atoms with Crippen LogP contribution in [0.3, 0.4) is 0 Å².